The minimum atomic E-state index is 0. The topological polar surface area (TPSA) is 58.5 Å². The number of aromatic nitrogens is 1. The first-order valence-electron chi connectivity index (χ1n) is 9.43. The van der Waals surface area contributed by atoms with Gasteiger partial charge in [0.15, 0.2) is 5.96 Å². The number of pyridine rings is 1. The van der Waals surface area contributed by atoms with Gasteiger partial charge in [-0.3, -0.25) is 4.98 Å². The first kappa shape index (κ1) is 23.2. The molecule has 0 saturated carbocycles. The normalized spacial score (nSPS) is 10.9. The first-order valence-corrected chi connectivity index (χ1v) is 10.3. The molecule has 0 saturated heterocycles. The summed E-state index contributed by atoms with van der Waals surface area (Å²) >= 11 is 1.77. The number of hydrogen-bond donors (Lipinski definition) is 2. The summed E-state index contributed by atoms with van der Waals surface area (Å²) in [5.74, 6) is 1.70. The third kappa shape index (κ3) is 7.32. The van der Waals surface area contributed by atoms with Gasteiger partial charge < -0.3 is 15.4 Å². The summed E-state index contributed by atoms with van der Waals surface area (Å²) in [7, 11) is 1.68. The van der Waals surface area contributed by atoms with Crippen LogP contribution in [-0.4, -0.2) is 31.1 Å². The van der Waals surface area contributed by atoms with Crippen molar-refractivity contribution in [3.8, 4) is 16.2 Å². The Labute approximate surface area is 193 Å². The van der Waals surface area contributed by atoms with Crippen LogP contribution in [-0.2, 0) is 13.0 Å². The number of halogens is 1. The lowest BCUT2D eigenvalue weighted by Gasteiger charge is -2.10. The van der Waals surface area contributed by atoms with Gasteiger partial charge >= 0.3 is 0 Å². The van der Waals surface area contributed by atoms with E-state index in [1.807, 2.05) is 36.5 Å². The minimum absolute atomic E-state index is 0. The molecular weight excluding hydrogens is 495 g/mol. The Hall–Kier alpha value is -2.13. The molecule has 2 N–H and O–H groups in total. The molecule has 29 heavy (non-hydrogen) atoms. The molecule has 0 unspecified atom stereocenters. The Morgan fingerprint density at radius 1 is 1.07 bits per heavy atom. The zero-order valence-corrected chi connectivity index (χ0v) is 19.9. The Bertz CT molecular complexity index is 881. The number of aliphatic imine (C=N–C) groups is 1. The number of rotatable bonds is 8. The summed E-state index contributed by atoms with van der Waals surface area (Å²) in [5.41, 5.74) is 2.27. The number of methoxy groups -OCH3 is 1. The van der Waals surface area contributed by atoms with Crippen molar-refractivity contribution >= 4 is 41.3 Å². The van der Waals surface area contributed by atoms with Crippen LogP contribution in [0.2, 0.25) is 0 Å². The van der Waals surface area contributed by atoms with Gasteiger partial charge in [-0.1, -0.05) is 6.07 Å². The lowest BCUT2D eigenvalue weighted by atomic mass is 10.2. The predicted molar refractivity (Wildman–Crippen MR) is 132 cm³/mol. The molecule has 3 rings (SSSR count). The average Bonchev–Trinajstić information content (AvgIpc) is 3.22. The predicted octanol–water partition coefficient (Wildman–Crippen LogP) is 4.73. The van der Waals surface area contributed by atoms with Crippen LogP contribution in [0, 0.1) is 0 Å². The smallest absolute Gasteiger partial charge is 0.191 e. The fraction of sp³-hybridized carbons (Fsp3) is 0.273. The summed E-state index contributed by atoms with van der Waals surface area (Å²) in [4.78, 5) is 11.5. The monoisotopic (exact) mass is 522 g/mol. The molecule has 0 amide bonds. The SMILES string of the molecule is CCNC(=NCc1ccc(-c2ccc(OC)cc2)s1)NCCc1ccccn1.I. The lowest BCUT2D eigenvalue weighted by molar-refractivity contribution is 0.415. The van der Waals surface area contributed by atoms with E-state index in [9.17, 15) is 0 Å². The maximum absolute atomic E-state index is 5.23. The molecule has 0 aliphatic carbocycles. The number of benzene rings is 1. The molecule has 1 aromatic carbocycles. The summed E-state index contributed by atoms with van der Waals surface area (Å²) in [6, 6.07) is 18.4. The van der Waals surface area contributed by atoms with E-state index in [-0.39, 0.29) is 24.0 Å². The molecule has 3 aromatic rings. The van der Waals surface area contributed by atoms with Crippen molar-refractivity contribution in [1.82, 2.24) is 15.6 Å². The van der Waals surface area contributed by atoms with Crippen LogP contribution in [0.3, 0.4) is 0 Å². The number of hydrogen-bond acceptors (Lipinski definition) is 4. The van der Waals surface area contributed by atoms with Crippen molar-refractivity contribution in [1.29, 1.82) is 0 Å². The first-order chi connectivity index (χ1) is 13.8. The zero-order valence-electron chi connectivity index (χ0n) is 16.7. The van der Waals surface area contributed by atoms with Gasteiger partial charge in [0.25, 0.3) is 0 Å². The second-order valence-electron chi connectivity index (χ2n) is 6.19. The van der Waals surface area contributed by atoms with Crippen LogP contribution < -0.4 is 15.4 Å². The van der Waals surface area contributed by atoms with Crippen LogP contribution in [0.25, 0.3) is 10.4 Å². The van der Waals surface area contributed by atoms with Crippen LogP contribution >= 0.6 is 35.3 Å². The molecule has 154 valence electrons. The molecule has 0 atom stereocenters. The molecular formula is C22H27IN4OS. The van der Waals surface area contributed by atoms with E-state index in [4.69, 9.17) is 9.73 Å². The van der Waals surface area contributed by atoms with Gasteiger partial charge in [-0.25, -0.2) is 4.99 Å². The molecule has 5 nitrogen and oxygen atoms in total. The number of nitrogens with one attached hydrogen (secondary N) is 2. The van der Waals surface area contributed by atoms with Crippen LogP contribution in [0.4, 0.5) is 0 Å². The van der Waals surface area contributed by atoms with E-state index in [0.29, 0.717) is 6.54 Å². The van der Waals surface area contributed by atoms with Gasteiger partial charge in [0.1, 0.15) is 5.75 Å². The minimum Gasteiger partial charge on any atom is -0.497 e. The van der Waals surface area contributed by atoms with Crippen LogP contribution in [0.1, 0.15) is 17.5 Å². The van der Waals surface area contributed by atoms with E-state index < -0.39 is 0 Å². The van der Waals surface area contributed by atoms with Gasteiger partial charge in [0.05, 0.1) is 13.7 Å². The molecule has 2 heterocycles. The lowest BCUT2D eigenvalue weighted by Crippen LogP contribution is -2.38. The Morgan fingerprint density at radius 2 is 1.90 bits per heavy atom. The van der Waals surface area contributed by atoms with E-state index in [1.54, 1.807) is 18.4 Å². The average molecular weight is 522 g/mol. The van der Waals surface area contributed by atoms with Gasteiger partial charge in [0.2, 0.25) is 0 Å². The third-order valence-electron chi connectivity index (χ3n) is 4.17. The zero-order chi connectivity index (χ0) is 19.6. The van der Waals surface area contributed by atoms with E-state index in [1.165, 1.54) is 15.3 Å². The van der Waals surface area contributed by atoms with Crippen molar-refractivity contribution in [2.75, 3.05) is 20.2 Å². The molecule has 0 bridgehead atoms. The summed E-state index contributed by atoms with van der Waals surface area (Å²) in [6.07, 6.45) is 2.69. The number of nitrogens with zero attached hydrogens (tertiary/aromatic N) is 2. The second-order valence-corrected chi connectivity index (χ2v) is 7.36. The Kier molecular flexibility index (Phi) is 9.93. The van der Waals surface area contributed by atoms with Crippen molar-refractivity contribution in [2.45, 2.75) is 19.9 Å². The number of guanidine groups is 1. The molecule has 0 spiro atoms. The molecule has 7 heteroatoms. The van der Waals surface area contributed by atoms with E-state index in [0.717, 1.165) is 36.9 Å². The summed E-state index contributed by atoms with van der Waals surface area (Å²) in [6.45, 7) is 4.35. The highest BCUT2D eigenvalue weighted by atomic mass is 127. The second kappa shape index (κ2) is 12.4. The van der Waals surface area contributed by atoms with Crippen molar-refractivity contribution < 1.29 is 4.74 Å². The quantitative estimate of drug-likeness (QED) is 0.255. The van der Waals surface area contributed by atoms with Gasteiger partial charge in [-0.05, 0) is 61.0 Å². The maximum atomic E-state index is 5.23. The third-order valence-corrected chi connectivity index (χ3v) is 5.29. The Balaban J connectivity index is 0.00000300. The van der Waals surface area contributed by atoms with Crippen LogP contribution in [0.5, 0.6) is 5.75 Å². The molecule has 0 fully saturated rings. The largest absolute Gasteiger partial charge is 0.497 e. The standard InChI is InChI=1S/C22H26N4OS.HI/c1-3-23-22(25-15-13-18-6-4-5-14-24-18)26-16-20-11-12-21(28-20)17-7-9-19(27-2)10-8-17;/h4-12,14H,3,13,15-16H2,1-2H3,(H2,23,25,26);1H. The van der Waals surface area contributed by atoms with Crippen molar-refractivity contribution in [3.63, 3.8) is 0 Å². The Morgan fingerprint density at radius 3 is 2.59 bits per heavy atom. The van der Waals surface area contributed by atoms with E-state index in [2.05, 4.69) is 46.8 Å². The molecule has 0 aliphatic heterocycles. The highest BCUT2D eigenvalue weighted by Crippen LogP contribution is 2.29. The fourth-order valence-electron chi connectivity index (χ4n) is 2.73. The number of ether oxygens (including phenoxy) is 1. The molecule has 0 radical (unpaired) electrons. The number of thiophene rings is 1. The van der Waals surface area contributed by atoms with Crippen molar-refractivity contribution in [2.24, 2.45) is 4.99 Å². The summed E-state index contributed by atoms with van der Waals surface area (Å²) < 4.78 is 5.23. The van der Waals surface area contributed by atoms with Gasteiger partial charge in [0, 0.05) is 41.2 Å². The highest BCUT2D eigenvalue weighted by molar-refractivity contribution is 14.0. The van der Waals surface area contributed by atoms with E-state index >= 15 is 0 Å². The summed E-state index contributed by atoms with van der Waals surface area (Å²) in [5, 5.41) is 6.68. The molecule has 2 aromatic heterocycles. The maximum Gasteiger partial charge on any atom is 0.191 e. The van der Waals surface area contributed by atoms with Gasteiger partial charge in [-0.15, -0.1) is 35.3 Å². The highest BCUT2D eigenvalue weighted by Gasteiger charge is 2.04. The van der Waals surface area contributed by atoms with Crippen LogP contribution in [0.15, 0.2) is 65.8 Å². The van der Waals surface area contributed by atoms with Gasteiger partial charge in [-0.2, -0.15) is 0 Å². The fourth-order valence-corrected chi connectivity index (χ4v) is 3.66. The molecule has 0 aliphatic rings. The van der Waals surface area contributed by atoms with Crippen molar-refractivity contribution in [3.05, 3.63) is 71.4 Å².